The summed E-state index contributed by atoms with van der Waals surface area (Å²) in [6.45, 7) is 3.10. The summed E-state index contributed by atoms with van der Waals surface area (Å²) in [5.41, 5.74) is 6.51. The molecule has 1 saturated carbocycles. The zero-order chi connectivity index (χ0) is 12.1. The van der Waals surface area contributed by atoms with Gasteiger partial charge in [-0.05, 0) is 49.8 Å². The predicted octanol–water partition coefficient (Wildman–Crippen LogP) is 4.15. The summed E-state index contributed by atoms with van der Waals surface area (Å²) in [4.78, 5) is 3.06. The van der Waals surface area contributed by atoms with Crippen molar-refractivity contribution in [3.63, 3.8) is 0 Å². The molecule has 0 radical (unpaired) electrons. The quantitative estimate of drug-likeness (QED) is 0.799. The number of aryl methyl sites for hydroxylation is 1. The van der Waals surface area contributed by atoms with Gasteiger partial charge in [-0.1, -0.05) is 32.6 Å². The van der Waals surface area contributed by atoms with E-state index in [-0.39, 0.29) is 0 Å². The van der Waals surface area contributed by atoms with E-state index in [1.54, 1.807) is 4.88 Å². The fourth-order valence-corrected chi connectivity index (χ4v) is 4.14. The van der Waals surface area contributed by atoms with Gasteiger partial charge in [0.15, 0.2) is 0 Å². The van der Waals surface area contributed by atoms with Crippen LogP contribution in [0.25, 0.3) is 0 Å². The third-order valence-electron chi connectivity index (χ3n) is 4.21. The topological polar surface area (TPSA) is 26.0 Å². The lowest BCUT2D eigenvalue weighted by Gasteiger charge is -2.31. The van der Waals surface area contributed by atoms with Crippen LogP contribution in [0.5, 0.6) is 0 Å². The molecule has 0 spiro atoms. The van der Waals surface area contributed by atoms with Crippen molar-refractivity contribution in [1.29, 1.82) is 0 Å². The standard InChI is InChI=1S/C15H25NS/c1-2-13-7-8-14(17-13)11-15(12-16)9-5-3-4-6-10-15/h7-8H,2-6,9-12,16H2,1H3. The first kappa shape index (κ1) is 13.1. The van der Waals surface area contributed by atoms with E-state index in [9.17, 15) is 0 Å². The molecule has 0 atom stereocenters. The average molecular weight is 251 g/mol. The molecule has 1 aromatic heterocycles. The summed E-state index contributed by atoms with van der Waals surface area (Å²) >= 11 is 1.99. The third-order valence-corrected chi connectivity index (χ3v) is 5.44. The molecule has 96 valence electrons. The molecule has 2 rings (SSSR count). The van der Waals surface area contributed by atoms with Crippen LogP contribution in [0.3, 0.4) is 0 Å². The lowest BCUT2D eigenvalue weighted by Crippen LogP contribution is -2.32. The van der Waals surface area contributed by atoms with Gasteiger partial charge in [0.2, 0.25) is 0 Å². The van der Waals surface area contributed by atoms with Crippen LogP contribution < -0.4 is 5.73 Å². The summed E-state index contributed by atoms with van der Waals surface area (Å²) in [6.07, 6.45) is 10.6. The van der Waals surface area contributed by atoms with E-state index in [1.807, 2.05) is 11.3 Å². The number of rotatable bonds is 4. The van der Waals surface area contributed by atoms with Crippen molar-refractivity contribution in [2.45, 2.75) is 58.3 Å². The van der Waals surface area contributed by atoms with Crippen molar-refractivity contribution < 1.29 is 0 Å². The molecule has 1 aliphatic rings. The van der Waals surface area contributed by atoms with Gasteiger partial charge < -0.3 is 5.73 Å². The molecular formula is C15H25NS. The van der Waals surface area contributed by atoms with Gasteiger partial charge in [0.25, 0.3) is 0 Å². The summed E-state index contributed by atoms with van der Waals surface area (Å²) in [7, 11) is 0. The fourth-order valence-electron chi connectivity index (χ4n) is 3.01. The Morgan fingerprint density at radius 2 is 1.76 bits per heavy atom. The Labute approximate surface area is 109 Å². The normalized spacial score (nSPS) is 20.1. The van der Waals surface area contributed by atoms with E-state index in [0.717, 1.165) is 6.54 Å². The van der Waals surface area contributed by atoms with Crippen LogP contribution in [0, 0.1) is 5.41 Å². The first-order valence-electron chi connectivity index (χ1n) is 7.06. The maximum absolute atomic E-state index is 6.10. The molecule has 0 saturated heterocycles. The first-order valence-corrected chi connectivity index (χ1v) is 7.87. The van der Waals surface area contributed by atoms with Crippen LogP contribution in [0.15, 0.2) is 12.1 Å². The molecule has 1 nitrogen and oxygen atoms in total. The minimum absolute atomic E-state index is 0.409. The van der Waals surface area contributed by atoms with E-state index in [2.05, 4.69) is 19.1 Å². The molecule has 1 heterocycles. The van der Waals surface area contributed by atoms with E-state index < -0.39 is 0 Å². The largest absolute Gasteiger partial charge is 0.330 e. The van der Waals surface area contributed by atoms with Gasteiger partial charge >= 0.3 is 0 Å². The molecule has 2 heteroatoms. The monoisotopic (exact) mass is 251 g/mol. The fraction of sp³-hybridized carbons (Fsp3) is 0.733. The second-order valence-corrected chi connectivity index (χ2v) is 6.77. The summed E-state index contributed by atoms with van der Waals surface area (Å²) in [6, 6.07) is 4.62. The Morgan fingerprint density at radius 3 is 2.29 bits per heavy atom. The third kappa shape index (κ3) is 3.32. The van der Waals surface area contributed by atoms with Crippen LogP contribution in [0.4, 0.5) is 0 Å². The van der Waals surface area contributed by atoms with Crippen molar-refractivity contribution in [2.75, 3.05) is 6.54 Å². The van der Waals surface area contributed by atoms with Crippen LogP contribution in [0.2, 0.25) is 0 Å². The second-order valence-electron chi connectivity index (χ2n) is 5.52. The highest BCUT2D eigenvalue weighted by Gasteiger charge is 2.30. The van der Waals surface area contributed by atoms with Gasteiger partial charge in [0, 0.05) is 9.75 Å². The zero-order valence-electron chi connectivity index (χ0n) is 11.0. The first-order chi connectivity index (χ1) is 8.28. The van der Waals surface area contributed by atoms with Crippen molar-refractivity contribution in [1.82, 2.24) is 0 Å². The van der Waals surface area contributed by atoms with Gasteiger partial charge in [0.05, 0.1) is 0 Å². The van der Waals surface area contributed by atoms with Crippen molar-refractivity contribution >= 4 is 11.3 Å². The van der Waals surface area contributed by atoms with E-state index in [0.29, 0.717) is 5.41 Å². The summed E-state index contributed by atoms with van der Waals surface area (Å²) < 4.78 is 0. The van der Waals surface area contributed by atoms with Crippen molar-refractivity contribution in [2.24, 2.45) is 11.1 Å². The highest BCUT2D eigenvalue weighted by Crippen LogP contribution is 2.38. The molecule has 0 bridgehead atoms. The van der Waals surface area contributed by atoms with Crippen LogP contribution in [-0.4, -0.2) is 6.54 Å². The lowest BCUT2D eigenvalue weighted by atomic mass is 9.77. The van der Waals surface area contributed by atoms with E-state index >= 15 is 0 Å². The summed E-state index contributed by atoms with van der Waals surface area (Å²) in [5, 5.41) is 0. The minimum Gasteiger partial charge on any atom is -0.330 e. The van der Waals surface area contributed by atoms with Gasteiger partial charge in [0.1, 0.15) is 0 Å². The minimum atomic E-state index is 0.409. The Morgan fingerprint density at radius 1 is 1.12 bits per heavy atom. The highest BCUT2D eigenvalue weighted by atomic mass is 32.1. The molecule has 0 unspecified atom stereocenters. The van der Waals surface area contributed by atoms with Crippen molar-refractivity contribution in [3.8, 4) is 0 Å². The number of thiophene rings is 1. The van der Waals surface area contributed by atoms with Gasteiger partial charge in [-0.25, -0.2) is 0 Å². The molecule has 1 aromatic rings. The molecule has 17 heavy (non-hydrogen) atoms. The number of nitrogens with two attached hydrogens (primary N) is 1. The zero-order valence-corrected chi connectivity index (χ0v) is 11.8. The van der Waals surface area contributed by atoms with Crippen molar-refractivity contribution in [3.05, 3.63) is 21.9 Å². The Kier molecular flexibility index (Phi) is 4.63. The van der Waals surface area contributed by atoms with Gasteiger partial charge in [-0.2, -0.15) is 0 Å². The maximum Gasteiger partial charge on any atom is 0.00541 e. The predicted molar refractivity (Wildman–Crippen MR) is 76.6 cm³/mol. The van der Waals surface area contributed by atoms with Gasteiger partial charge in [-0.3, -0.25) is 0 Å². The Bertz CT molecular complexity index is 334. The number of hydrogen-bond donors (Lipinski definition) is 1. The smallest absolute Gasteiger partial charge is 0.00541 e. The lowest BCUT2D eigenvalue weighted by molar-refractivity contribution is 0.254. The SMILES string of the molecule is CCc1ccc(CC2(CN)CCCCCC2)s1. The average Bonchev–Trinajstić information content (AvgIpc) is 2.67. The highest BCUT2D eigenvalue weighted by molar-refractivity contribution is 7.11. The Hall–Kier alpha value is -0.340. The molecule has 0 aromatic carbocycles. The molecule has 0 amide bonds. The molecule has 1 aliphatic carbocycles. The second kappa shape index (κ2) is 6.01. The number of hydrogen-bond acceptors (Lipinski definition) is 2. The molecule has 0 aliphatic heterocycles. The van der Waals surface area contributed by atoms with Crippen LogP contribution in [0.1, 0.15) is 55.2 Å². The molecular weight excluding hydrogens is 226 g/mol. The van der Waals surface area contributed by atoms with Crippen LogP contribution >= 0.6 is 11.3 Å². The van der Waals surface area contributed by atoms with E-state index in [1.165, 1.54) is 56.2 Å². The van der Waals surface area contributed by atoms with E-state index in [4.69, 9.17) is 5.73 Å². The summed E-state index contributed by atoms with van der Waals surface area (Å²) in [5.74, 6) is 0. The van der Waals surface area contributed by atoms with Crippen LogP contribution in [-0.2, 0) is 12.8 Å². The van der Waals surface area contributed by atoms with Gasteiger partial charge in [-0.15, -0.1) is 11.3 Å². The maximum atomic E-state index is 6.10. The molecule has 1 fully saturated rings. The Balaban J connectivity index is 2.06. The molecule has 2 N–H and O–H groups in total.